The number of para-hydroxylation sites is 1. The maximum atomic E-state index is 11.8. The molecule has 0 saturated heterocycles. The largest absolute Gasteiger partial charge is 0.326 e. The van der Waals surface area contributed by atoms with Gasteiger partial charge in [0.1, 0.15) is 0 Å². The van der Waals surface area contributed by atoms with Crippen LogP contribution in [0.3, 0.4) is 0 Å². The fourth-order valence-corrected chi connectivity index (χ4v) is 2.07. The van der Waals surface area contributed by atoms with Crippen LogP contribution in [0.4, 0.5) is 5.69 Å². The van der Waals surface area contributed by atoms with Crippen LogP contribution in [0.5, 0.6) is 0 Å². The Balaban J connectivity index is 1.84. The molecule has 0 aromatic heterocycles. The molecule has 2 rings (SSSR count). The van der Waals surface area contributed by atoms with Crippen molar-refractivity contribution < 1.29 is 4.79 Å². The van der Waals surface area contributed by atoms with Gasteiger partial charge in [0.15, 0.2) is 0 Å². The van der Waals surface area contributed by atoms with Gasteiger partial charge in [0.05, 0.1) is 0 Å². The van der Waals surface area contributed by atoms with Gasteiger partial charge in [0.25, 0.3) is 0 Å². The van der Waals surface area contributed by atoms with Crippen molar-refractivity contribution in [2.75, 3.05) is 5.32 Å². The Morgan fingerprint density at radius 1 is 1.00 bits per heavy atom. The van der Waals surface area contributed by atoms with E-state index >= 15 is 0 Å². The molecule has 2 heteroatoms. The van der Waals surface area contributed by atoms with Crippen LogP contribution in [-0.2, 0) is 11.2 Å². The van der Waals surface area contributed by atoms with E-state index < -0.39 is 0 Å². The zero-order valence-corrected chi connectivity index (χ0v) is 12.1. The summed E-state index contributed by atoms with van der Waals surface area (Å²) in [7, 11) is 0. The number of carbonyl (C=O) groups excluding carboxylic acids is 1. The maximum absolute atomic E-state index is 11.8. The fourth-order valence-electron chi connectivity index (χ4n) is 2.07. The number of anilines is 1. The van der Waals surface area contributed by atoms with Gasteiger partial charge in [-0.1, -0.05) is 56.3 Å². The van der Waals surface area contributed by atoms with E-state index in [1.165, 1.54) is 11.1 Å². The Labute approximate surface area is 120 Å². The van der Waals surface area contributed by atoms with Crippen LogP contribution in [-0.4, -0.2) is 5.91 Å². The van der Waals surface area contributed by atoms with Gasteiger partial charge in [0, 0.05) is 12.1 Å². The van der Waals surface area contributed by atoms with Crippen molar-refractivity contribution in [3.05, 3.63) is 65.7 Å². The second-order valence-electron chi connectivity index (χ2n) is 5.31. The van der Waals surface area contributed by atoms with Gasteiger partial charge in [-0.15, -0.1) is 0 Å². The molecule has 0 aliphatic rings. The highest BCUT2D eigenvalue weighted by Gasteiger charge is 2.04. The third-order valence-electron chi connectivity index (χ3n) is 3.34. The second-order valence-corrected chi connectivity index (χ2v) is 5.31. The van der Waals surface area contributed by atoms with Gasteiger partial charge in [-0.05, 0) is 35.6 Å². The van der Waals surface area contributed by atoms with Crippen LogP contribution in [0.15, 0.2) is 54.6 Å². The van der Waals surface area contributed by atoms with E-state index in [2.05, 4.69) is 43.4 Å². The molecule has 20 heavy (non-hydrogen) atoms. The predicted octanol–water partition coefficient (Wildman–Crippen LogP) is 4.38. The molecule has 0 unspecified atom stereocenters. The van der Waals surface area contributed by atoms with E-state index in [1.807, 2.05) is 30.3 Å². The first-order valence-electron chi connectivity index (χ1n) is 7.09. The number of benzene rings is 2. The van der Waals surface area contributed by atoms with Crippen LogP contribution in [0.2, 0.25) is 0 Å². The lowest BCUT2D eigenvalue weighted by Gasteiger charge is -2.07. The van der Waals surface area contributed by atoms with Crippen LogP contribution in [0, 0.1) is 0 Å². The minimum atomic E-state index is 0.0594. The Morgan fingerprint density at radius 2 is 1.65 bits per heavy atom. The summed E-state index contributed by atoms with van der Waals surface area (Å²) in [5, 5.41) is 2.90. The quantitative estimate of drug-likeness (QED) is 0.855. The van der Waals surface area contributed by atoms with E-state index in [4.69, 9.17) is 0 Å². The molecule has 1 N–H and O–H groups in total. The summed E-state index contributed by atoms with van der Waals surface area (Å²) >= 11 is 0. The van der Waals surface area contributed by atoms with Crippen molar-refractivity contribution in [3.63, 3.8) is 0 Å². The molecule has 0 atom stereocenters. The van der Waals surface area contributed by atoms with Gasteiger partial charge in [-0.25, -0.2) is 0 Å². The van der Waals surface area contributed by atoms with E-state index in [9.17, 15) is 4.79 Å². The number of carbonyl (C=O) groups is 1. The zero-order chi connectivity index (χ0) is 14.4. The molecule has 0 spiro atoms. The molecular weight excluding hydrogens is 246 g/mol. The molecule has 2 nitrogen and oxygen atoms in total. The normalized spacial score (nSPS) is 10.6. The lowest BCUT2D eigenvalue weighted by molar-refractivity contribution is -0.116. The first-order valence-corrected chi connectivity index (χ1v) is 7.09. The molecule has 0 aliphatic heterocycles. The minimum absolute atomic E-state index is 0.0594. The summed E-state index contributed by atoms with van der Waals surface area (Å²) in [5.41, 5.74) is 3.40. The third kappa shape index (κ3) is 4.23. The lowest BCUT2D eigenvalue weighted by Crippen LogP contribution is -2.12. The van der Waals surface area contributed by atoms with Gasteiger partial charge >= 0.3 is 0 Å². The summed E-state index contributed by atoms with van der Waals surface area (Å²) in [6.07, 6.45) is 1.28. The Hall–Kier alpha value is -2.09. The summed E-state index contributed by atoms with van der Waals surface area (Å²) in [6.45, 7) is 4.37. The zero-order valence-electron chi connectivity index (χ0n) is 12.1. The first-order chi connectivity index (χ1) is 9.65. The highest BCUT2D eigenvalue weighted by molar-refractivity contribution is 5.90. The van der Waals surface area contributed by atoms with E-state index in [-0.39, 0.29) is 5.91 Å². The predicted molar refractivity (Wildman–Crippen MR) is 83.9 cm³/mol. The van der Waals surface area contributed by atoms with Gasteiger partial charge in [0.2, 0.25) is 5.91 Å². The number of hydrogen-bond acceptors (Lipinski definition) is 1. The number of nitrogens with one attached hydrogen (secondary N) is 1. The number of amides is 1. The first kappa shape index (κ1) is 14.3. The SMILES string of the molecule is CC(C)c1ccc(CCC(=O)Nc2ccccc2)cc1. The highest BCUT2D eigenvalue weighted by atomic mass is 16.1. The van der Waals surface area contributed by atoms with Gasteiger partial charge < -0.3 is 5.32 Å². The molecule has 2 aromatic carbocycles. The third-order valence-corrected chi connectivity index (χ3v) is 3.34. The molecule has 2 aromatic rings. The molecule has 1 amide bonds. The summed E-state index contributed by atoms with van der Waals surface area (Å²) < 4.78 is 0. The Morgan fingerprint density at radius 3 is 2.25 bits per heavy atom. The molecule has 0 fully saturated rings. The molecule has 0 aliphatic carbocycles. The number of rotatable bonds is 5. The highest BCUT2D eigenvalue weighted by Crippen LogP contribution is 2.15. The second kappa shape index (κ2) is 6.90. The lowest BCUT2D eigenvalue weighted by atomic mass is 10.0. The Bertz CT molecular complexity index is 543. The summed E-state index contributed by atoms with van der Waals surface area (Å²) in [5.74, 6) is 0.606. The van der Waals surface area contributed by atoms with Crippen LogP contribution < -0.4 is 5.32 Å². The molecule has 0 radical (unpaired) electrons. The standard InChI is InChI=1S/C18H21NO/c1-14(2)16-11-8-15(9-12-16)10-13-18(20)19-17-6-4-3-5-7-17/h3-9,11-12,14H,10,13H2,1-2H3,(H,19,20). The average molecular weight is 267 g/mol. The van der Waals surface area contributed by atoms with Crippen molar-refractivity contribution in [3.8, 4) is 0 Å². The van der Waals surface area contributed by atoms with Crippen molar-refractivity contribution >= 4 is 11.6 Å². The van der Waals surface area contributed by atoms with Gasteiger partial charge in [-0.2, -0.15) is 0 Å². The Kier molecular flexibility index (Phi) is 4.94. The summed E-state index contributed by atoms with van der Waals surface area (Å²) in [4.78, 5) is 11.8. The summed E-state index contributed by atoms with van der Waals surface area (Å²) in [6, 6.07) is 18.1. The smallest absolute Gasteiger partial charge is 0.224 e. The molecule has 0 bridgehead atoms. The monoisotopic (exact) mass is 267 g/mol. The topological polar surface area (TPSA) is 29.1 Å². The molecule has 104 valence electrons. The van der Waals surface area contributed by atoms with E-state index in [1.54, 1.807) is 0 Å². The van der Waals surface area contributed by atoms with Crippen LogP contribution >= 0.6 is 0 Å². The molecular formula is C18H21NO. The average Bonchev–Trinajstić information content (AvgIpc) is 2.46. The van der Waals surface area contributed by atoms with Gasteiger partial charge in [-0.3, -0.25) is 4.79 Å². The minimum Gasteiger partial charge on any atom is -0.326 e. The van der Waals surface area contributed by atoms with E-state index in [0.717, 1.165) is 12.1 Å². The van der Waals surface area contributed by atoms with Crippen molar-refractivity contribution in [1.29, 1.82) is 0 Å². The number of aryl methyl sites for hydroxylation is 1. The van der Waals surface area contributed by atoms with Crippen molar-refractivity contribution in [2.45, 2.75) is 32.6 Å². The fraction of sp³-hybridized carbons (Fsp3) is 0.278. The number of hydrogen-bond donors (Lipinski definition) is 1. The van der Waals surface area contributed by atoms with E-state index in [0.29, 0.717) is 12.3 Å². The molecule has 0 saturated carbocycles. The van der Waals surface area contributed by atoms with Crippen LogP contribution in [0.25, 0.3) is 0 Å². The van der Waals surface area contributed by atoms with Crippen LogP contribution in [0.1, 0.15) is 37.3 Å². The molecule has 0 heterocycles. The van der Waals surface area contributed by atoms with Crippen molar-refractivity contribution in [2.24, 2.45) is 0 Å². The maximum Gasteiger partial charge on any atom is 0.224 e. The van der Waals surface area contributed by atoms with Crippen molar-refractivity contribution in [1.82, 2.24) is 0 Å².